The van der Waals surface area contributed by atoms with E-state index in [2.05, 4.69) is 12.2 Å². The van der Waals surface area contributed by atoms with Gasteiger partial charge in [0.15, 0.2) is 17.7 Å². The number of nitrogens with zero attached hydrogens (tertiary/aromatic N) is 1. The lowest BCUT2D eigenvalue weighted by molar-refractivity contribution is -0.695. The smallest absolute Gasteiger partial charge is 0.316 e. The Labute approximate surface area is 236 Å². The van der Waals surface area contributed by atoms with Crippen LogP contribution in [-0.4, -0.2) is 19.6 Å². The van der Waals surface area contributed by atoms with Gasteiger partial charge in [0.05, 0.1) is 13.7 Å². The van der Waals surface area contributed by atoms with Crippen molar-refractivity contribution in [3.05, 3.63) is 53.9 Å². The standard InChI is InChI=1S/C30H46N2O3.HI/c1-4-6-7-8-9-10-11-12-13-14-15-18-23-35-28-21-20-26(24-29(28)34-3)25-31-30(33)27-19-16-17-22-32(27)5-2;/h16-17,19-22,24H,4-15,18,23,25H2,1-3H3;1H. The predicted molar refractivity (Wildman–Crippen MR) is 143 cm³/mol. The Morgan fingerprint density at radius 3 is 2.08 bits per heavy atom. The highest BCUT2D eigenvalue weighted by Crippen LogP contribution is 2.28. The molecule has 2 rings (SSSR count). The maximum Gasteiger partial charge on any atom is 0.316 e. The summed E-state index contributed by atoms with van der Waals surface area (Å²) in [6.07, 6.45) is 17.9. The highest BCUT2D eigenvalue weighted by Gasteiger charge is 2.17. The number of carbonyl (C=O) groups is 1. The molecule has 1 heterocycles. The molecule has 0 spiro atoms. The van der Waals surface area contributed by atoms with E-state index in [1.165, 1.54) is 70.6 Å². The minimum absolute atomic E-state index is 0. The topological polar surface area (TPSA) is 51.4 Å². The molecule has 0 aliphatic rings. The van der Waals surface area contributed by atoms with Crippen LogP contribution in [0.4, 0.5) is 0 Å². The van der Waals surface area contributed by atoms with Gasteiger partial charge in [0.1, 0.15) is 6.54 Å². The van der Waals surface area contributed by atoms with Crippen molar-refractivity contribution in [3.63, 3.8) is 0 Å². The summed E-state index contributed by atoms with van der Waals surface area (Å²) in [6.45, 7) is 6.19. The molecule has 202 valence electrons. The molecule has 0 saturated heterocycles. The van der Waals surface area contributed by atoms with E-state index in [4.69, 9.17) is 9.47 Å². The van der Waals surface area contributed by atoms with Gasteiger partial charge in [-0.1, -0.05) is 83.6 Å². The van der Waals surface area contributed by atoms with Crippen LogP contribution in [0.15, 0.2) is 42.6 Å². The molecule has 6 heteroatoms. The Morgan fingerprint density at radius 2 is 1.47 bits per heavy atom. The van der Waals surface area contributed by atoms with Crippen LogP contribution < -0.4 is 43.3 Å². The van der Waals surface area contributed by atoms with E-state index in [9.17, 15) is 4.79 Å². The molecule has 1 amide bonds. The quantitative estimate of drug-likeness (QED) is 0.149. The van der Waals surface area contributed by atoms with Crippen molar-refractivity contribution in [2.75, 3.05) is 13.7 Å². The fourth-order valence-electron chi connectivity index (χ4n) is 4.30. The van der Waals surface area contributed by atoms with Crippen molar-refractivity contribution in [1.29, 1.82) is 0 Å². The molecule has 5 nitrogen and oxygen atoms in total. The number of nitrogens with one attached hydrogen (secondary N) is 1. The number of aromatic nitrogens is 1. The van der Waals surface area contributed by atoms with Gasteiger partial charge >= 0.3 is 5.91 Å². The number of carbonyl (C=O) groups excluding carboxylic acids is 1. The van der Waals surface area contributed by atoms with Crippen molar-refractivity contribution in [3.8, 4) is 11.5 Å². The fourth-order valence-corrected chi connectivity index (χ4v) is 4.30. The van der Waals surface area contributed by atoms with Gasteiger partial charge in [-0.15, -0.1) is 0 Å². The lowest BCUT2D eigenvalue weighted by Gasteiger charge is -2.12. The highest BCUT2D eigenvalue weighted by atomic mass is 127. The SMILES string of the molecule is CCCCCCCCCCCCCCOc1ccc(CNC(=O)c2cccc[n+]2CC)cc1OC.[I-]. The number of hydrogen-bond acceptors (Lipinski definition) is 3. The molecule has 1 aromatic carbocycles. The average molecular weight is 611 g/mol. The zero-order chi connectivity index (χ0) is 25.1. The summed E-state index contributed by atoms with van der Waals surface area (Å²) >= 11 is 0. The minimum Gasteiger partial charge on any atom is -1.00 e. The van der Waals surface area contributed by atoms with Crippen molar-refractivity contribution in [1.82, 2.24) is 5.32 Å². The Kier molecular flexibility index (Phi) is 18.1. The summed E-state index contributed by atoms with van der Waals surface area (Å²) in [6, 6.07) is 11.5. The van der Waals surface area contributed by atoms with Crippen LogP contribution in [-0.2, 0) is 13.1 Å². The number of pyridine rings is 1. The molecular weight excluding hydrogens is 563 g/mol. The number of benzene rings is 1. The number of rotatable bonds is 19. The van der Waals surface area contributed by atoms with Crippen LogP contribution in [0.1, 0.15) is 107 Å². The first-order valence-electron chi connectivity index (χ1n) is 13.8. The Hall–Kier alpha value is -1.83. The Balaban J connectivity index is 0.00000648. The Bertz CT molecular complexity index is 860. The second kappa shape index (κ2) is 20.3. The second-order valence-electron chi connectivity index (χ2n) is 9.28. The lowest BCUT2D eigenvalue weighted by Crippen LogP contribution is -3.00. The normalized spacial score (nSPS) is 10.5. The lowest BCUT2D eigenvalue weighted by atomic mass is 10.1. The zero-order valence-electron chi connectivity index (χ0n) is 22.7. The van der Waals surface area contributed by atoms with Gasteiger partial charge < -0.3 is 38.8 Å². The third-order valence-corrected chi connectivity index (χ3v) is 6.45. The van der Waals surface area contributed by atoms with E-state index in [-0.39, 0.29) is 29.9 Å². The van der Waals surface area contributed by atoms with E-state index >= 15 is 0 Å². The molecule has 2 aromatic rings. The molecule has 0 saturated carbocycles. The monoisotopic (exact) mass is 610 g/mol. The molecule has 0 aliphatic heterocycles. The zero-order valence-corrected chi connectivity index (χ0v) is 24.9. The molecule has 0 fully saturated rings. The Morgan fingerprint density at radius 1 is 0.833 bits per heavy atom. The number of halogens is 1. The van der Waals surface area contributed by atoms with Crippen molar-refractivity contribution in [2.24, 2.45) is 0 Å². The number of aryl methyl sites for hydroxylation is 1. The molecule has 0 bridgehead atoms. The van der Waals surface area contributed by atoms with Gasteiger partial charge in [0, 0.05) is 18.7 Å². The van der Waals surface area contributed by atoms with Crippen LogP contribution in [0.2, 0.25) is 0 Å². The number of hydrogen-bond donors (Lipinski definition) is 1. The number of amides is 1. The summed E-state index contributed by atoms with van der Waals surface area (Å²) < 4.78 is 13.5. The summed E-state index contributed by atoms with van der Waals surface area (Å²) in [7, 11) is 1.66. The molecule has 0 unspecified atom stereocenters. The molecule has 0 aliphatic carbocycles. The van der Waals surface area contributed by atoms with Gasteiger partial charge in [-0.3, -0.25) is 4.79 Å². The molecule has 1 N–H and O–H groups in total. The molecule has 0 radical (unpaired) electrons. The van der Waals surface area contributed by atoms with Crippen LogP contribution in [0.5, 0.6) is 11.5 Å². The second-order valence-corrected chi connectivity index (χ2v) is 9.28. The molecule has 1 aromatic heterocycles. The maximum atomic E-state index is 12.6. The van der Waals surface area contributed by atoms with E-state index in [0.717, 1.165) is 24.3 Å². The first kappa shape index (κ1) is 32.2. The van der Waals surface area contributed by atoms with Gasteiger partial charge in [-0.2, -0.15) is 4.57 Å². The summed E-state index contributed by atoms with van der Waals surface area (Å²) in [5.41, 5.74) is 1.64. The van der Waals surface area contributed by atoms with E-state index in [1.54, 1.807) is 7.11 Å². The molecule has 0 atom stereocenters. The van der Waals surface area contributed by atoms with Gasteiger partial charge in [-0.05, 0) is 37.1 Å². The average Bonchev–Trinajstić information content (AvgIpc) is 2.90. The largest absolute Gasteiger partial charge is 1.00 e. The molecule has 36 heavy (non-hydrogen) atoms. The maximum absolute atomic E-state index is 12.6. The number of ether oxygens (including phenoxy) is 2. The summed E-state index contributed by atoms with van der Waals surface area (Å²) in [5, 5.41) is 3.00. The van der Waals surface area contributed by atoms with Crippen molar-refractivity contribution >= 4 is 5.91 Å². The number of methoxy groups -OCH3 is 1. The minimum atomic E-state index is -0.0845. The van der Waals surface area contributed by atoms with Gasteiger partial charge in [0.2, 0.25) is 0 Å². The fraction of sp³-hybridized carbons (Fsp3) is 0.600. The third kappa shape index (κ3) is 12.4. The van der Waals surface area contributed by atoms with Crippen molar-refractivity contribution < 1.29 is 42.8 Å². The van der Waals surface area contributed by atoms with Gasteiger partial charge in [0.25, 0.3) is 5.69 Å². The van der Waals surface area contributed by atoms with E-state index < -0.39 is 0 Å². The van der Waals surface area contributed by atoms with Crippen LogP contribution in [0, 0.1) is 0 Å². The predicted octanol–water partition coefficient (Wildman–Crippen LogP) is 4.02. The van der Waals surface area contributed by atoms with E-state index in [1.807, 2.05) is 54.1 Å². The first-order valence-corrected chi connectivity index (χ1v) is 13.8. The number of unbranched alkanes of at least 4 members (excludes halogenated alkanes) is 11. The van der Waals surface area contributed by atoms with Crippen molar-refractivity contribution in [2.45, 2.75) is 104 Å². The highest BCUT2D eigenvalue weighted by molar-refractivity contribution is 5.90. The van der Waals surface area contributed by atoms with Crippen LogP contribution in [0.25, 0.3) is 0 Å². The first-order chi connectivity index (χ1) is 17.2. The summed E-state index contributed by atoms with van der Waals surface area (Å²) in [5.74, 6) is 1.38. The van der Waals surface area contributed by atoms with Gasteiger partial charge in [-0.25, -0.2) is 0 Å². The van der Waals surface area contributed by atoms with Crippen LogP contribution in [0.3, 0.4) is 0 Å². The van der Waals surface area contributed by atoms with E-state index in [0.29, 0.717) is 24.6 Å². The third-order valence-electron chi connectivity index (χ3n) is 6.45. The molecular formula is C30H47IN2O3. The van der Waals surface area contributed by atoms with Crippen LogP contribution >= 0.6 is 0 Å². The summed E-state index contributed by atoms with van der Waals surface area (Å²) in [4.78, 5) is 12.6.